The van der Waals surface area contributed by atoms with E-state index in [4.69, 9.17) is 4.42 Å². The Kier molecular flexibility index (Phi) is 8.19. The number of furan rings is 1. The van der Waals surface area contributed by atoms with Crippen molar-refractivity contribution < 1.29 is 9.90 Å². The van der Waals surface area contributed by atoms with Gasteiger partial charge in [-0.25, -0.2) is 0 Å². The van der Waals surface area contributed by atoms with E-state index < -0.39 is 0 Å². The number of fused-ring (bicyclic) bond motifs is 6. The van der Waals surface area contributed by atoms with Crippen molar-refractivity contribution in [2.45, 2.75) is 0 Å². The molecule has 0 saturated carbocycles. The molecule has 0 aliphatic carbocycles. The SMILES string of the molecule is [2H]c1c([2H])c(N(c2ccc(-c3cccc(-c4ccc5ccccc5c4)c3)cc2)c2cccc3oc4c5ccccc5ccc4c23)c([2H])c([2H])c1-c1ccc(-c2ccccc2)c(-c2ccccc2)c1. The van der Waals surface area contributed by atoms with Crippen LogP contribution in [0.1, 0.15) is 5.48 Å². The zero-order valence-electron chi connectivity index (χ0n) is 38.7. The Morgan fingerprint density at radius 2 is 0.906 bits per heavy atom. The topological polar surface area (TPSA) is 16.4 Å². The highest BCUT2D eigenvalue weighted by atomic mass is 16.3. The fraction of sp³-hybridized carbons (Fsp3) is 0. The van der Waals surface area contributed by atoms with E-state index in [0.29, 0.717) is 22.5 Å². The molecule has 12 rings (SSSR count). The molecule has 0 saturated heterocycles. The van der Waals surface area contributed by atoms with Crippen LogP contribution in [0.5, 0.6) is 0 Å². The molecule has 0 fully saturated rings. The predicted molar refractivity (Wildman–Crippen MR) is 271 cm³/mol. The van der Waals surface area contributed by atoms with Crippen LogP contribution in [-0.2, 0) is 0 Å². The molecule has 0 aliphatic rings. The van der Waals surface area contributed by atoms with Crippen LogP contribution in [0.2, 0.25) is 0 Å². The van der Waals surface area contributed by atoms with Gasteiger partial charge in [0.25, 0.3) is 0 Å². The second-order valence-corrected chi connectivity index (χ2v) is 16.2. The summed E-state index contributed by atoms with van der Waals surface area (Å²) in [5.74, 6) is 0. The lowest BCUT2D eigenvalue weighted by Gasteiger charge is -2.27. The summed E-state index contributed by atoms with van der Waals surface area (Å²) in [7, 11) is 0. The van der Waals surface area contributed by atoms with Crippen LogP contribution in [0, 0.1) is 0 Å². The van der Waals surface area contributed by atoms with E-state index in [1.165, 1.54) is 10.8 Å². The molecular formula is C62H41NO. The number of anilines is 3. The van der Waals surface area contributed by atoms with E-state index in [1.54, 1.807) is 0 Å². The van der Waals surface area contributed by atoms with E-state index in [0.717, 1.165) is 71.6 Å². The summed E-state index contributed by atoms with van der Waals surface area (Å²) in [6.45, 7) is 0. The first-order valence-electron chi connectivity index (χ1n) is 23.6. The summed E-state index contributed by atoms with van der Waals surface area (Å²) in [5.41, 5.74) is 12.0. The quantitative estimate of drug-likeness (QED) is 0.152. The van der Waals surface area contributed by atoms with E-state index in [9.17, 15) is 5.48 Å². The lowest BCUT2D eigenvalue weighted by atomic mass is 9.91. The van der Waals surface area contributed by atoms with Crippen molar-refractivity contribution in [2.75, 3.05) is 4.90 Å². The molecule has 0 radical (unpaired) electrons. The van der Waals surface area contributed by atoms with Crippen molar-refractivity contribution >= 4 is 60.5 Å². The third-order valence-electron chi connectivity index (χ3n) is 12.3. The predicted octanol–water partition coefficient (Wildman–Crippen LogP) is 17.7. The van der Waals surface area contributed by atoms with Crippen molar-refractivity contribution in [1.29, 1.82) is 0 Å². The Labute approximate surface area is 378 Å². The average Bonchev–Trinajstić information content (AvgIpc) is 3.80. The van der Waals surface area contributed by atoms with Crippen molar-refractivity contribution in [3.8, 4) is 55.6 Å². The molecule has 0 aliphatic heterocycles. The smallest absolute Gasteiger partial charge is 0.143 e. The van der Waals surface area contributed by atoms with Crippen LogP contribution in [0.15, 0.2) is 253 Å². The summed E-state index contributed by atoms with van der Waals surface area (Å²) in [5, 5.41) is 6.13. The summed E-state index contributed by atoms with van der Waals surface area (Å²) in [4.78, 5) is 1.88. The molecule has 0 amide bonds. The lowest BCUT2D eigenvalue weighted by Crippen LogP contribution is -2.10. The maximum atomic E-state index is 9.86. The van der Waals surface area contributed by atoms with E-state index in [-0.39, 0.29) is 35.4 Å². The number of nitrogens with zero attached hydrogens (tertiary/aromatic N) is 1. The highest BCUT2D eigenvalue weighted by molar-refractivity contribution is 6.19. The second kappa shape index (κ2) is 15.8. The first kappa shape index (κ1) is 33.2. The number of rotatable bonds is 8. The highest BCUT2D eigenvalue weighted by Gasteiger charge is 2.21. The van der Waals surface area contributed by atoms with Crippen molar-refractivity contribution in [3.05, 3.63) is 249 Å². The molecule has 2 heteroatoms. The molecule has 300 valence electrons. The van der Waals surface area contributed by atoms with Crippen LogP contribution in [0.4, 0.5) is 17.1 Å². The molecule has 0 N–H and O–H groups in total. The standard InChI is InChI=1S/C62H41NO/c1-3-14-45(15-4-1)55-37-32-52(41-58(55)46-16-5-2-6-17-46)44-29-35-54(36-30-44)63(59-23-12-24-60-61(59)57-38-31-47-18-9-10-22-56(47)62(57)64-60)53-33-27-43(28-34-53)49-20-11-21-50(39-49)51-26-25-42-13-7-8-19-48(42)40-51/h1-41H/i29D,30D,35D,36D. The maximum Gasteiger partial charge on any atom is 0.143 e. The van der Waals surface area contributed by atoms with E-state index in [2.05, 4.69) is 127 Å². The van der Waals surface area contributed by atoms with Crippen LogP contribution >= 0.6 is 0 Å². The van der Waals surface area contributed by atoms with Gasteiger partial charge in [0.1, 0.15) is 11.2 Å². The van der Waals surface area contributed by atoms with Gasteiger partial charge in [-0.2, -0.15) is 0 Å². The van der Waals surface area contributed by atoms with Gasteiger partial charge in [0, 0.05) is 22.1 Å². The van der Waals surface area contributed by atoms with Crippen LogP contribution in [-0.4, -0.2) is 0 Å². The molecule has 64 heavy (non-hydrogen) atoms. The van der Waals surface area contributed by atoms with Gasteiger partial charge in [0.2, 0.25) is 0 Å². The zero-order valence-corrected chi connectivity index (χ0v) is 34.7. The minimum absolute atomic E-state index is 0.130. The number of hydrogen-bond acceptors (Lipinski definition) is 2. The third kappa shape index (κ3) is 6.70. The summed E-state index contributed by atoms with van der Waals surface area (Å²) in [6.07, 6.45) is 0. The number of benzene rings is 11. The minimum Gasteiger partial charge on any atom is -0.455 e. The van der Waals surface area contributed by atoms with Gasteiger partial charge in [-0.15, -0.1) is 0 Å². The van der Waals surface area contributed by atoms with Gasteiger partial charge in [-0.1, -0.05) is 188 Å². The van der Waals surface area contributed by atoms with Gasteiger partial charge >= 0.3 is 0 Å². The van der Waals surface area contributed by atoms with Crippen molar-refractivity contribution in [3.63, 3.8) is 0 Å². The largest absolute Gasteiger partial charge is 0.455 e. The fourth-order valence-electron chi connectivity index (χ4n) is 9.15. The Bertz CT molecular complexity index is 3870. The Balaban J connectivity index is 1.03. The normalized spacial score (nSPS) is 12.3. The van der Waals surface area contributed by atoms with Crippen molar-refractivity contribution in [2.24, 2.45) is 0 Å². The molecule has 2 nitrogen and oxygen atoms in total. The molecule has 12 aromatic rings. The Morgan fingerprint density at radius 1 is 0.328 bits per heavy atom. The summed E-state index contributed by atoms with van der Waals surface area (Å²) in [6, 6.07) is 75.3. The third-order valence-corrected chi connectivity index (χ3v) is 12.3. The maximum absolute atomic E-state index is 9.86. The van der Waals surface area contributed by atoms with Gasteiger partial charge in [-0.05, 0) is 132 Å². The minimum atomic E-state index is -0.156. The number of hydrogen-bond donors (Lipinski definition) is 0. The molecular weight excluding hydrogens is 775 g/mol. The average molecular weight is 820 g/mol. The second-order valence-electron chi connectivity index (χ2n) is 16.2. The Morgan fingerprint density at radius 3 is 1.69 bits per heavy atom. The lowest BCUT2D eigenvalue weighted by molar-refractivity contribution is 0.672. The highest BCUT2D eigenvalue weighted by Crippen LogP contribution is 2.45. The zero-order chi connectivity index (χ0) is 45.9. The summed E-state index contributed by atoms with van der Waals surface area (Å²) >= 11 is 0. The monoisotopic (exact) mass is 819 g/mol. The molecule has 1 heterocycles. The molecule has 0 unspecified atom stereocenters. The van der Waals surface area contributed by atoms with Gasteiger partial charge < -0.3 is 9.32 Å². The molecule has 0 atom stereocenters. The molecule has 11 aromatic carbocycles. The first-order valence-corrected chi connectivity index (χ1v) is 21.6. The van der Waals surface area contributed by atoms with Crippen LogP contribution < -0.4 is 4.90 Å². The van der Waals surface area contributed by atoms with Crippen LogP contribution in [0.3, 0.4) is 0 Å². The van der Waals surface area contributed by atoms with Crippen molar-refractivity contribution in [1.82, 2.24) is 0 Å². The first-order chi connectivity index (χ1) is 33.4. The van der Waals surface area contributed by atoms with Gasteiger partial charge in [0.15, 0.2) is 0 Å². The fourth-order valence-corrected chi connectivity index (χ4v) is 9.15. The van der Waals surface area contributed by atoms with Gasteiger partial charge in [0.05, 0.1) is 16.6 Å². The molecule has 0 bridgehead atoms. The molecule has 0 spiro atoms. The Hall–Kier alpha value is -8.46. The summed E-state index contributed by atoms with van der Waals surface area (Å²) < 4.78 is 45.8. The van der Waals surface area contributed by atoms with Gasteiger partial charge in [-0.3, -0.25) is 0 Å². The van der Waals surface area contributed by atoms with Crippen LogP contribution in [0.25, 0.3) is 99.1 Å². The molecule has 1 aromatic heterocycles. The van der Waals surface area contributed by atoms with E-state index >= 15 is 0 Å². The van der Waals surface area contributed by atoms with E-state index in [1.807, 2.05) is 102 Å².